The molecule has 4 nitrogen and oxygen atoms in total. The Labute approximate surface area is 117 Å². The van der Waals surface area contributed by atoms with Gasteiger partial charge in [-0.1, -0.05) is 13.8 Å². The van der Waals surface area contributed by atoms with Crippen LogP contribution >= 0.6 is 0 Å². The van der Waals surface area contributed by atoms with Gasteiger partial charge in [-0.15, -0.1) is 0 Å². The predicted molar refractivity (Wildman–Crippen MR) is 78.1 cm³/mol. The predicted octanol–water partition coefficient (Wildman–Crippen LogP) is 1.32. The SMILES string of the molecule is CCN1CCC(NC(=O)C2CCN(CC)CC2)CC1. The molecule has 0 unspecified atom stereocenters. The third kappa shape index (κ3) is 4.18. The Balaban J connectivity index is 1.70. The Morgan fingerprint density at radius 1 is 0.947 bits per heavy atom. The first kappa shape index (κ1) is 14.8. The molecule has 1 N–H and O–H groups in total. The van der Waals surface area contributed by atoms with Gasteiger partial charge in [0.05, 0.1) is 0 Å². The summed E-state index contributed by atoms with van der Waals surface area (Å²) in [4.78, 5) is 17.2. The Hall–Kier alpha value is -0.610. The van der Waals surface area contributed by atoms with Crippen LogP contribution in [0.25, 0.3) is 0 Å². The number of carbonyl (C=O) groups excluding carboxylic acids is 1. The van der Waals surface area contributed by atoms with Crippen LogP contribution in [-0.2, 0) is 4.79 Å². The molecule has 0 spiro atoms. The molecule has 0 aromatic carbocycles. The molecule has 0 bridgehead atoms. The zero-order valence-corrected chi connectivity index (χ0v) is 12.5. The van der Waals surface area contributed by atoms with Gasteiger partial charge in [0.15, 0.2) is 0 Å². The largest absolute Gasteiger partial charge is 0.353 e. The zero-order chi connectivity index (χ0) is 13.7. The first-order chi connectivity index (χ1) is 9.22. The van der Waals surface area contributed by atoms with Crippen LogP contribution in [0.1, 0.15) is 39.5 Å². The third-order valence-corrected chi connectivity index (χ3v) is 4.79. The highest BCUT2D eigenvalue weighted by Gasteiger charge is 2.27. The molecular weight excluding hydrogens is 238 g/mol. The van der Waals surface area contributed by atoms with Crippen LogP contribution in [0.2, 0.25) is 0 Å². The number of nitrogens with one attached hydrogen (secondary N) is 1. The van der Waals surface area contributed by atoms with Crippen LogP contribution in [-0.4, -0.2) is 61.0 Å². The number of nitrogens with zero attached hydrogens (tertiary/aromatic N) is 2. The van der Waals surface area contributed by atoms with E-state index < -0.39 is 0 Å². The van der Waals surface area contributed by atoms with Crippen molar-refractivity contribution in [2.75, 3.05) is 39.3 Å². The third-order valence-electron chi connectivity index (χ3n) is 4.79. The molecule has 0 aromatic heterocycles. The maximum atomic E-state index is 12.3. The number of piperidine rings is 2. The fourth-order valence-electron chi connectivity index (χ4n) is 3.22. The van der Waals surface area contributed by atoms with Crippen LogP contribution < -0.4 is 5.32 Å². The molecule has 2 rings (SSSR count). The Bertz CT molecular complexity index is 279. The van der Waals surface area contributed by atoms with Gasteiger partial charge < -0.3 is 15.1 Å². The zero-order valence-electron chi connectivity index (χ0n) is 12.5. The molecule has 2 fully saturated rings. The fourth-order valence-corrected chi connectivity index (χ4v) is 3.22. The van der Waals surface area contributed by atoms with Crippen molar-refractivity contribution in [1.29, 1.82) is 0 Å². The van der Waals surface area contributed by atoms with Gasteiger partial charge in [-0.05, 0) is 51.9 Å². The first-order valence-corrected chi connectivity index (χ1v) is 7.98. The van der Waals surface area contributed by atoms with Gasteiger partial charge in [-0.25, -0.2) is 0 Å². The molecule has 4 heteroatoms. The van der Waals surface area contributed by atoms with Crippen molar-refractivity contribution < 1.29 is 4.79 Å². The van der Waals surface area contributed by atoms with Crippen molar-refractivity contribution in [1.82, 2.24) is 15.1 Å². The van der Waals surface area contributed by atoms with E-state index in [1.54, 1.807) is 0 Å². The molecule has 0 atom stereocenters. The summed E-state index contributed by atoms with van der Waals surface area (Å²) in [6.45, 7) is 11.1. The first-order valence-electron chi connectivity index (χ1n) is 7.98. The average Bonchev–Trinajstić information content (AvgIpc) is 2.48. The number of rotatable bonds is 4. The summed E-state index contributed by atoms with van der Waals surface area (Å²) in [6, 6.07) is 0.416. The summed E-state index contributed by atoms with van der Waals surface area (Å²) in [6.07, 6.45) is 4.31. The molecular formula is C15H29N3O. The second-order valence-corrected chi connectivity index (χ2v) is 5.93. The van der Waals surface area contributed by atoms with E-state index in [1.807, 2.05) is 0 Å². The summed E-state index contributed by atoms with van der Waals surface area (Å²) >= 11 is 0. The number of carbonyl (C=O) groups is 1. The van der Waals surface area contributed by atoms with Crippen molar-refractivity contribution in [2.24, 2.45) is 5.92 Å². The maximum absolute atomic E-state index is 12.3. The van der Waals surface area contributed by atoms with E-state index in [-0.39, 0.29) is 5.92 Å². The highest BCUT2D eigenvalue weighted by molar-refractivity contribution is 5.79. The quantitative estimate of drug-likeness (QED) is 0.834. The van der Waals surface area contributed by atoms with E-state index in [9.17, 15) is 4.79 Å². The monoisotopic (exact) mass is 267 g/mol. The maximum Gasteiger partial charge on any atom is 0.223 e. The second kappa shape index (κ2) is 7.25. The number of hydrogen-bond donors (Lipinski definition) is 1. The number of likely N-dealkylation sites (tertiary alicyclic amines) is 2. The minimum Gasteiger partial charge on any atom is -0.353 e. The van der Waals surface area contributed by atoms with E-state index >= 15 is 0 Å². The van der Waals surface area contributed by atoms with Gasteiger partial charge >= 0.3 is 0 Å². The van der Waals surface area contributed by atoms with Crippen LogP contribution in [0.3, 0.4) is 0 Å². The van der Waals surface area contributed by atoms with Crippen LogP contribution in [0, 0.1) is 5.92 Å². The minimum atomic E-state index is 0.256. The molecule has 0 saturated carbocycles. The van der Waals surface area contributed by atoms with Crippen molar-refractivity contribution in [3.63, 3.8) is 0 Å². The van der Waals surface area contributed by atoms with Crippen molar-refractivity contribution >= 4 is 5.91 Å². The molecule has 0 aliphatic carbocycles. The lowest BCUT2D eigenvalue weighted by Gasteiger charge is -2.34. The molecule has 2 heterocycles. The Kier molecular flexibility index (Phi) is 5.64. The number of hydrogen-bond acceptors (Lipinski definition) is 3. The van der Waals surface area contributed by atoms with Crippen molar-refractivity contribution in [3.8, 4) is 0 Å². The summed E-state index contributed by atoms with van der Waals surface area (Å²) in [5.41, 5.74) is 0. The second-order valence-electron chi connectivity index (χ2n) is 5.93. The van der Waals surface area contributed by atoms with Gasteiger partial charge in [0.25, 0.3) is 0 Å². The lowest BCUT2D eigenvalue weighted by atomic mass is 9.94. The summed E-state index contributed by atoms with van der Waals surface area (Å²) in [5.74, 6) is 0.567. The average molecular weight is 267 g/mol. The molecule has 2 aliphatic rings. The Morgan fingerprint density at radius 3 is 1.89 bits per heavy atom. The lowest BCUT2D eigenvalue weighted by Crippen LogP contribution is -2.48. The van der Waals surface area contributed by atoms with Crippen LogP contribution in [0.5, 0.6) is 0 Å². The van der Waals surface area contributed by atoms with Gasteiger partial charge in [0, 0.05) is 25.0 Å². The molecule has 2 saturated heterocycles. The normalized spacial score (nSPS) is 24.5. The van der Waals surface area contributed by atoms with Crippen LogP contribution in [0.15, 0.2) is 0 Å². The smallest absolute Gasteiger partial charge is 0.223 e. The minimum absolute atomic E-state index is 0.256. The van der Waals surface area contributed by atoms with Gasteiger partial charge in [0.2, 0.25) is 5.91 Å². The summed E-state index contributed by atoms with van der Waals surface area (Å²) < 4.78 is 0. The van der Waals surface area contributed by atoms with Gasteiger partial charge in [-0.3, -0.25) is 4.79 Å². The molecule has 19 heavy (non-hydrogen) atoms. The number of amides is 1. The lowest BCUT2D eigenvalue weighted by molar-refractivity contribution is -0.127. The standard InChI is InChI=1S/C15H29N3O/c1-3-17-9-5-13(6-10-17)15(19)16-14-7-11-18(4-2)12-8-14/h13-14H,3-12H2,1-2H3,(H,16,19). The highest BCUT2D eigenvalue weighted by Crippen LogP contribution is 2.18. The summed E-state index contributed by atoms with van der Waals surface area (Å²) in [5, 5.41) is 3.28. The summed E-state index contributed by atoms with van der Waals surface area (Å²) in [7, 11) is 0. The van der Waals surface area contributed by atoms with E-state index in [4.69, 9.17) is 0 Å². The van der Waals surface area contributed by atoms with Crippen molar-refractivity contribution in [3.05, 3.63) is 0 Å². The van der Waals surface area contributed by atoms with Crippen LogP contribution in [0.4, 0.5) is 0 Å². The van der Waals surface area contributed by atoms with E-state index in [0.29, 0.717) is 11.9 Å². The van der Waals surface area contributed by atoms with Crippen molar-refractivity contribution in [2.45, 2.75) is 45.6 Å². The Morgan fingerprint density at radius 2 is 1.42 bits per heavy atom. The van der Waals surface area contributed by atoms with E-state index in [1.165, 1.54) is 0 Å². The highest BCUT2D eigenvalue weighted by atomic mass is 16.1. The fraction of sp³-hybridized carbons (Fsp3) is 0.933. The molecule has 0 aromatic rings. The van der Waals surface area contributed by atoms with E-state index in [0.717, 1.165) is 65.0 Å². The van der Waals surface area contributed by atoms with E-state index in [2.05, 4.69) is 29.0 Å². The van der Waals surface area contributed by atoms with Gasteiger partial charge in [-0.2, -0.15) is 0 Å². The molecule has 110 valence electrons. The molecule has 1 amide bonds. The van der Waals surface area contributed by atoms with Gasteiger partial charge in [0.1, 0.15) is 0 Å². The molecule has 2 aliphatic heterocycles. The molecule has 0 radical (unpaired) electrons. The topological polar surface area (TPSA) is 35.6 Å².